The fourth-order valence-corrected chi connectivity index (χ4v) is 3.24. The lowest BCUT2D eigenvalue weighted by Gasteiger charge is -2.06. The molecule has 2 aromatic carbocycles. The molecule has 0 unspecified atom stereocenters. The van der Waals surface area contributed by atoms with Gasteiger partial charge in [-0.05, 0) is 41.8 Å². The van der Waals surface area contributed by atoms with E-state index >= 15 is 0 Å². The summed E-state index contributed by atoms with van der Waals surface area (Å²) in [5.41, 5.74) is 3.22. The number of aryl methyl sites for hydroxylation is 1. The predicted octanol–water partition coefficient (Wildman–Crippen LogP) is 5.82. The molecule has 2 nitrogen and oxygen atoms in total. The molecule has 2 aromatic rings. The predicted molar refractivity (Wildman–Crippen MR) is 102 cm³/mol. The summed E-state index contributed by atoms with van der Waals surface area (Å²) in [6.07, 6.45) is 1.49. The summed E-state index contributed by atoms with van der Waals surface area (Å²) in [5.74, 6) is 1.62. The zero-order valence-electron chi connectivity index (χ0n) is 12.9. The van der Waals surface area contributed by atoms with Gasteiger partial charge in [0.1, 0.15) is 0 Å². The van der Waals surface area contributed by atoms with Crippen LogP contribution in [-0.2, 0) is 17.0 Å². The minimum Gasteiger partial charge on any atom is -0.326 e. The molecule has 0 saturated carbocycles. The van der Waals surface area contributed by atoms with Crippen molar-refractivity contribution in [3.63, 3.8) is 0 Å². The first kappa shape index (κ1) is 18.2. The van der Waals surface area contributed by atoms with Crippen molar-refractivity contribution in [2.75, 3.05) is 11.1 Å². The lowest BCUT2D eigenvalue weighted by Crippen LogP contribution is -2.12. The summed E-state index contributed by atoms with van der Waals surface area (Å²) in [5, 5.41) is 4.05. The van der Waals surface area contributed by atoms with Gasteiger partial charge in [-0.15, -0.1) is 0 Å². The zero-order valence-corrected chi connectivity index (χ0v) is 15.3. The summed E-state index contributed by atoms with van der Waals surface area (Å²) in [4.78, 5) is 11.9. The van der Waals surface area contributed by atoms with Crippen molar-refractivity contribution in [2.24, 2.45) is 0 Å². The van der Waals surface area contributed by atoms with E-state index in [2.05, 4.69) is 12.2 Å². The second kappa shape index (κ2) is 9.21. The third-order valence-electron chi connectivity index (χ3n) is 3.37. The van der Waals surface area contributed by atoms with E-state index in [0.29, 0.717) is 16.5 Å². The van der Waals surface area contributed by atoms with Gasteiger partial charge in [0.25, 0.3) is 0 Å². The van der Waals surface area contributed by atoms with Crippen LogP contribution in [0.25, 0.3) is 0 Å². The summed E-state index contributed by atoms with van der Waals surface area (Å²) in [7, 11) is 0. The number of nitrogens with one attached hydrogen (secondary N) is 1. The molecule has 1 amide bonds. The number of thioether (sulfide) groups is 1. The van der Waals surface area contributed by atoms with Gasteiger partial charge in [0.2, 0.25) is 5.91 Å². The topological polar surface area (TPSA) is 29.1 Å². The van der Waals surface area contributed by atoms with Gasteiger partial charge in [0, 0.05) is 23.6 Å². The fraction of sp³-hybridized carbons (Fsp3) is 0.278. The Bertz CT molecular complexity index is 659. The molecular weight excluding hydrogens is 349 g/mol. The summed E-state index contributed by atoms with van der Waals surface area (Å²) in [6.45, 7) is 2.11. The number of anilines is 1. The molecule has 0 aliphatic rings. The molecule has 0 fully saturated rings. The molecule has 0 aliphatic heterocycles. The second-order valence-electron chi connectivity index (χ2n) is 5.15. The Labute approximate surface area is 151 Å². The van der Waals surface area contributed by atoms with Crippen LogP contribution in [0.15, 0.2) is 42.5 Å². The monoisotopic (exact) mass is 367 g/mol. The van der Waals surface area contributed by atoms with Gasteiger partial charge in [-0.3, -0.25) is 4.79 Å². The minimum atomic E-state index is 0.0379. The van der Waals surface area contributed by atoms with Crippen molar-refractivity contribution >= 4 is 46.6 Å². The quantitative estimate of drug-likeness (QED) is 0.624. The Kier molecular flexibility index (Phi) is 7.28. The van der Waals surface area contributed by atoms with Gasteiger partial charge in [-0.1, -0.05) is 48.3 Å². The number of benzene rings is 2. The van der Waals surface area contributed by atoms with E-state index in [0.717, 1.165) is 29.2 Å². The van der Waals surface area contributed by atoms with Crippen molar-refractivity contribution in [1.82, 2.24) is 0 Å². The van der Waals surface area contributed by atoms with Gasteiger partial charge in [-0.25, -0.2) is 0 Å². The molecule has 1 N–H and O–H groups in total. The maximum atomic E-state index is 11.9. The third kappa shape index (κ3) is 6.09. The van der Waals surface area contributed by atoms with E-state index in [-0.39, 0.29) is 5.91 Å². The maximum absolute atomic E-state index is 11.9. The highest BCUT2D eigenvalue weighted by Gasteiger charge is 2.04. The van der Waals surface area contributed by atoms with Gasteiger partial charge >= 0.3 is 0 Å². The Morgan fingerprint density at radius 1 is 1.04 bits per heavy atom. The van der Waals surface area contributed by atoms with E-state index in [1.807, 2.05) is 36.4 Å². The van der Waals surface area contributed by atoms with Crippen LogP contribution in [0.4, 0.5) is 5.69 Å². The van der Waals surface area contributed by atoms with Crippen LogP contribution < -0.4 is 5.32 Å². The second-order valence-corrected chi connectivity index (χ2v) is 7.07. The van der Waals surface area contributed by atoms with Crippen molar-refractivity contribution in [3.05, 3.63) is 63.6 Å². The van der Waals surface area contributed by atoms with Gasteiger partial charge < -0.3 is 5.32 Å². The zero-order chi connectivity index (χ0) is 16.7. The number of halogens is 2. The van der Waals surface area contributed by atoms with Crippen molar-refractivity contribution in [3.8, 4) is 0 Å². The molecule has 5 heteroatoms. The lowest BCUT2D eigenvalue weighted by atomic mass is 10.1. The van der Waals surface area contributed by atoms with E-state index in [9.17, 15) is 4.79 Å². The van der Waals surface area contributed by atoms with Crippen LogP contribution in [0, 0.1) is 0 Å². The summed E-state index contributed by atoms with van der Waals surface area (Å²) in [6, 6.07) is 13.6. The molecule has 122 valence electrons. The first-order chi connectivity index (χ1) is 11.1. The molecule has 0 aliphatic carbocycles. The van der Waals surface area contributed by atoms with Crippen LogP contribution in [-0.4, -0.2) is 11.7 Å². The highest BCUT2D eigenvalue weighted by atomic mass is 35.5. The Morgan fingerprint density at radius 2 is 1.74 bits per heavy atom. The number of amides is 1. The van der Waals surface area contributed by atoms with E-state index in [4.69, 9.17) is 23.2 Å². The average Bonchev–Trinajstić information content (AvgIpc) is 2.55. The van der Waals surface area contributed by atoms with E-state index in [1.54, 1.807) is 17.8 Å². The molecule has 0 atom stereocenters. The number of carbonyl (C=O) groups is 1. The molecule has 0 radical (unpaired) electrons. The average molecular weight is 368 g/mol. The SMILES string of the molecule is CCc1ccc(NC(=O)CCSCc2ccc(Cl)c(Cl)c2)cc1. The van der Waals surface area contributed by atoms with Crippen LogP contribution in [0.5, 0.6) is 0 Å². The number of hydrogen-bond donors (Lipinski definition) is 1. The molecule has 0 aromatic heterocycles. The molecule has 0 heterocycles. The van der Waals surface area contributed by atoms with Crippen LogP contribution >= 0.6 is 35.0 Å². The molecule has 0 bridgehead atoms. The fourth-order valence-electron chi connectivity index (χ4n) is 2.03. The Morgan fingerprint density at radius 3 is 2.39 bits per heavy atom. The number of hydrogen-bond acceptors (Lipinski definition) is 2. The largest absolute Gasteiger partial charge is 0.326 e. The minimum absolute atomic E-state index is 0.0379. The van der Waals surface area contributed by atoms with Crippen molar-refractivity contribution in [2.45, 2.75) is 25.5 Å². The molecule has 23 heavy (non-hydrogen) atoms. The first-order valence-corrected chi connectivity index (χ1v) is 9.40. The maximum Gasteiger partial charge on any atom is 0.225 e. The molecule has 0 spiro atoms. The first-order valence-electron chi connectivity index (χ1n) is 7.49. The highest BCUT2D eigenvalue weighted by molar-refractivity contribution is 7.98. The van der Waals surface area contributed by atoms with Gasteiger partial charge in [0.15, 0.2) is 0 Å². The van der Waals surface area contributed by atoms with Crippen LogP contribution in [0.1, 0.15) is 24.5 Å². The molecule has 2 rings (SSSR count). The molecule has 0 saturated heterocycles. The summed E-state index contributed by atoms with van der Waals surface area (Å²) >= 11 is 13.6. The smallest absolute Gasteiger partial charge is 0.225 e. The van der Waals surface area contributed by atoms with Crippen molar-refractivity contribution < 1.29 is 4.79 Å². The number of carbonyl (C=O) groups excluding carboxylic acids is 1. The third-order valence-corrected chi connectivity index (χ3v) is 5.14. The number of rotatable bonds is 7. The van der Waals surface area contributed by atoms with E-state index < -0.39 is 0 Å². The summed E-state index contributed by atoms with van der Waals surface area (Å²) < 4.78 is 0. The lowest BCUT2D eigenvalue weighted by molar-refractivity contribution is -0.115. The van der Waals surface area contributed by atoms with Crippen LogP contribution in [0.2, 0.25) is 10.0 Å². The van der Waals surface area contributed by atoms with Gasteiger partial charge in [0.05, 0.1) is 10.0 Å². The normalized spacial score (nSPS) is 10.6. The Balaban J connectivity index is 1.70. The van der Waals surface area contributed by atoms with Crippen LogP contribution in [0.3, 0.4) is 0 Å². The Hall–Kier alpha value is -1.16. The van der Waals surface area contributed by atoms with E-state index in [1.165, 1.54) is 5.56 Å². The molecular formula is C18H19Cl2NOS. The standard InChI is InChI=1S/C18H19Cl2NOS/c1-2-13-3-6-15(7-4-13)21-18(22)9-10-23-12-14-5-8-16(19)17(20)11-14/h3-8,11H,2,9-10,12H2,1H3,(H,21,22). The highest BCUT2D eigenvalue weighted by Crippen LogP contribution is 2.24. The van der Waals surface area contributed by atoms with Crippen molar-refractivity contribution in [1.29, 1.82) is 0 Å². The van der Waals surface area contributed by atoms with Gasteiger partial charge in [-0.2, -0.15) is 11.8 Å².